The molecule has 0 N–H and O–H groups in total. The molecule has 0 unspecified atom stereocenters. The van der Waals surface area contributed by atoms with Gasteiger partial charge in [0, 0.05) is 45.2 Å². The molecule has 2 heterocycles. The number of nitrogens with zero attached hydrogens (tertiary/aromatic N) is 3. The van der Waals surface area contributed by atoms with Crippen LogP contribution < -0.4 is 0 Å². The van der Waals surface area contributed by atoms with Gasteiger partial charge in [0.05, 0.1) is 11.2 Å². The molecule has 1 aromatic carbocycles. The van der Waals surface area contributed by atoms with Crippen molar-refractivity contribution in [3.63, 3.8) is 0 Å². The number of carbonyl (C=O) groups is 1. The molecule has 0 bridgehead atoms. The number of piperidine rings is 1. The Morgan fingerprint density at radius 3 is 1.93 bits per heavy atom. The maximum atomic E-state index is 12.7. The van der Waals surface area contributed by atoms with Crippen molar-refractivity contribution >= 4 is 26.0 Å². The SMILES string of the molecule is CS(=O)(=O)N1CCC(C(=O)N2CCN(S(=O)(=O)c3ccccc3)CC2)CC1. The first-order valence-corrected chi connectivity index (χ1v) is 12.3. The number of piperazine rings is 1. The Morgan fingerprint density at radius 2 is 1.41 bits per heavy atom. The summed E-state index contributed by atoms with van der Waals surface area (Å²) in [6, 6.07) is 8.29. The molecular weight excluding hydrogens is 390 g/mol. The second kappa shape index (κ2) is 7.86. The number of carbonyl (C=O) groups excluding carboxylic acids is 1. The van der Waals surface area contributed by atoms with E-state index >= 15 is 0 Å². The van der Waals surface area contributed by atoms with Crippen molar-refractivity contribution in [2.24, 2.45) is 5.92 Å². The fraction of sp³-hybridized carbons (Fsp3) is 0.588. The van der Waals surface area contributed by atoms with Crippen molar-refractivity contribution in [3.05, 3.63) is 30.3 Å². The van der Waals surface area contributed by atoms with Crippen molar-refractivity contribution < 1.29 is 21.6 Å². The third-order valence-corrected chi connectivity index (χ3v) is 8.42. The van der Waals surface area contributed by atoms with Crippen LogP contribution in [0.2, 0.25) is 0 Å². The number of rotatable bonds is 4. The Bertz CT molecular complexity index is 870. The monoisotopic (exact) mass is 415 g/mol. The van der Waals surface area contributed by atoms with E-state index in [9.17, 15) is 21.6 Å². The summed E-state index contributed by atoms with van der Waals surface area (Å²) in [5.41, 5.74) is 0. The van der Waals surface area contributed by atoms with Crippen LogP contribution in [0.3, 0.4) is 0 Å². The zero-order valence-electron chi connectivity index (χ0n) is 15.3. The van der Waals surface area contributed by atoms with Crippen LogP contribution in [0.5, 0.6) is 0 Å². The molecule has 2 aliphatic heterocycles. The minimum absolute atomic E-state index is 0.0000832. The van der Waals surface area contributed by atoms with Gasteiger partial charge in [-0.2, -0.15) is 4.31 Å². The lowest BCUT2D eigenvalue weighted by Crippen LogP contribution is -2.53. The molecule has 0 atom stereocenters. The maximum absolute atomic E-state index is 12.7. The van der Waals surface area contributed by atoms with Crippen molar-refractivity contribution in [2.75, 3.05) is 45.5 Å². The zero-order chi connectivity index (χ0) is 19.7. The summed E-state index contributed by atoms with van der Waals surface area (Å²) in [7, 11) is -6.75. The number of sulfonamides is 2. The fourth-order valence-corrected chi connectivity index (χ4v) is 5.90. The average Bonchev–Trinajstić information content (AvgIpc) is 2.67. The molecule has 8 nitrogen and oxygen atoms in total. The van der Waals surface area contributed by atoms with Crippen LogP contribution in [-0.2, 0) is 24.8 Å². The van der Waals surface area contributed by atoms with E-state index in [1.165, 1.54) is 14.9 Å². The zero-order valence-corrected chi connectivity index (χ0v) is 17.0. The number of benzene rings is 1. The fourth-order valence-electron chi connectivity index (χ4n) is 3.58. The molecule has 2 saturated heterocycles. The minimum atomic E-state index is -3.54. The van der Waals surface area contributed by atoms with Crippen molar-refractivity contribution in [1.29, 1.82) is 0 Å². The Labute approximate surface area is 160 Å². The van der Waals surface area contributed by atoms with Crippen LogP contribution in [0.15, 0.2) is 35.2 Å². The van der Waals surface area contributed by atoms with Gasteiger partial charge in [-0.3, -0.25) is 4.79 Å². The predicted molar refractivity (Wildman–Crippen MR) is 101 cm³/mol. The molecule has 1 amide bonds. The van der Waals surface area contributed by atoms with Crippen molar-refractivity contribution in [2.45, 2.75) is 17.7 Å². The van der Waals surface area contributed by atoms with Crippen molar-refractivity contribution in [3.8, 4) is 0 Å². The standard InChI is InChI=1S/C17H25N3O5S2/c1-26(22,23)19-9-7-15(8-10-19)17(21)18-11-13-20(14-12-18)27(24,25)16-5-3-2-4-6-16/h2-6,15H,7-14H2,1H3. The van der Waals surface area contributed by atoms with E-state index in [4.69, 9.17) is 0 Å². The summed E-state index contributed by atoms with van der Waals surface area (Å²) in [4.78, 5) is 14.7. The van der Waals surface area contributed by atoms with Gasteiger partial charge in [0.2, 0.25) is 26.0 Å². The molecule has 1 aromatic rings. The normalized spacial score (nSPS) is 21.3. The van der Waals surface area contributed by atoms with Crippen LogP contribution in [0, 0.1) is 5.92 Å². The van der Waals surface area contributed by atoms with E-state index in [1.54, 1.807) is 35.2 Å². The van der Waals surface area contributed by atoms with E-state index in [-0.39, 0.29) is 29.8 Å². The Kier molecular flexibility index (Phi) is 5.90. The average molecular weight is 416 g/mol. The second-order valence-electron chi connectivity index (χ2n) is 6.98. The first kappa shape index (κ1) is 20.2. The molecule has 0 aliphatic carbocycles. The van der Waals surface area contributed by atoms with Gasteiger partial charge in [-0.25, -0.2) is 21.1 Å². The van der Waals surface area contributed by atoms with Crippen LogP contribution in [0.1, 0.15) is 12.8 Å². The molecule has 150 valence electrons. The number of hydrogen-bond acceptors (Lipinski definition) is 5. The van der Waals surface area contributed by atoms with E-state index < -0.39 is 20.0 Å². The van der Waals surface area contributed by atoms with Crippen molar-refractivity contribution in [1.82, 2.24) is 13.5 Å². The molecular formula is C17H25N3O5S2. The van der Waals surface area contributed by atoms with Gasteiger partial charge in [-0.05, 0) is 25.0 Å². The summed E-state index contributed by atoms with van der Waals surface area (Å²) in [6.45, 7) is 1.97. The van der Waals surface area contributed by atoms with E-state index in [0.29, 0.717) is 39.0 Å². The van der Waals surface area contributed by atoms with E-state index in [1.807, 2.05) is 0 Å². The van der Waals surface area contributed by atoms with Gasteiger partial charge in [0.1, 0.15) is 0 Å². The summed E-state index contributed by atoms with van der Waals surface area (Å²) in [5.74, 6) is -0.194. The van der Waals surface area contributed by atoms with Gasteiger partial charge < -0.3 is 4.90 Å². The lowest BCUT2D eigenvalue weighted by Gasteiger charge is -2.37. The molecule has 3 rings (SSSR count). The molecule has 2 aliphatic rings. The molecule has 0 aromatic heterocycles. The van der Waals surface area contributed by atoms with Gasteiger partial charge in [-0.1, -0.05) is 18.2 Å². The third kappa shape index (κ3) is 4.50. The maximum Gasteiger partial charge on any atom is 0.243 e. The summed E-state index contributed by atoms with van der Waals surface area (Å²) in [6.07, 6.45) is 2.20. The Morgan fingerprint density at radius 1 is 0.852 bits per heavy atom. The highest BCUT2D eigenvalue weighted by molar-refractivity contribution is 7.89. The molecule has 2 fully saturated rings. The molecule has 10 heteroatoms. The number of amides is 1. The lowest BCUT2D eigenvalue weighted by atomic mass is 9.96. The molecule has 0 radical (unpaired) electrons. The Balaban J connectivity index is 1.56. The van der Waals surface area contributed by atoms with Gasteiger partial charge in [0.15, 0.2) is 0 Å². The number of hydrogen-bond donors (Lipinski definition) is 0. The highest BCUT2D eigenvalue weighted by Gasteiger charge is 2.34. The first-order chi connectivity index (χ1) is 12.7. The highest BCUT2D eigenvalue weighted by Crippen LogP contribution is 2.23. The van der Waals surface area contributed by atoms with Crippen LogP contribution >= 0.6 is 0 Å². The summed E-state index contributed by atoms with van der Waals surface area (Å²) >= 11 is 0. The largest absolute Gasteiger partial charge is 0.340 e. The second-order valence-corrected chi connectivity index (χ2v) is 10.9. The molecule has 27 heavy (non-hydrogen) atoms. The van der Waals surface area contributed by atoms with Gasteiger partial charge in [-0.15, -0.1) is 0 Å². The molecule has 0 spiro atoms. The molecule has 0 saturated carbocycles. The topological polar surface area (TPSA) is 95.1 Å². The van der Waals surface area contributed by atoms with E-state index in [0.717, 1.165) is 0 Å². The third-order valence-electron chi connectivity index (χ3n) is 5.20. The quantitative estimate of drug-likeness (QED) is 0.700. The lowest BCUT2D eigenvalue weighted by molar-refractivity contribution is -0.137. The van der Waals surface area contributed by atoms with Gasteiger partial charge in [0.25, 0.3) is 0 Å². The van der Waals surface area contributed by atoms with Crippen LogP contribution in [-0.4, -0.2) is 81.8 Å². The Hall–Kier alpha value is -1.49. The smallest absolute Gasteiger partial charge is 0.243 e. The van der Waals surface area contributed by atoms with Crippen LogP contribution in [0.25, 0.3) is 0 Å². The highest BCUT2D eigenvalue weighted by atomic mass is 32.2. The van der Waals surface area contributed by atoms with Crippen LogP contribution in [0.4, 0.5) is 0 Å². The van der Waals surface area contributed by atoms with Gasteiger partial charge >= 0.3 is 0 Å². The first-order valence-electron chi connectivity index (χ1n) is 8.99. The minimum Gasteiger partial charge on any atom is -0.340 e. The summed E-state index contributed by atoms with van der Waals surface area (Å²) < 4.78 is 51.3. The summed E-state index contributed by atoms with van der Waals surface area (Å²) in [5, 5.41) is 0. The van der Waals surface area contributed by atoms with E-state index in [2.05, 4.69) is 0 Å². The predicted octanol–water partition coefficient (Wildman–Crippen LogP) is 0.191.